The van der Waals surface area contributed by atoms with Gasteiger partial charge in [0.05, 0.1) is 11.1 Å². The fraction of sp³-hybridized carbons (Fsp3) is 0.293. The van der Waals surface area contributed by atoms with Crippen LogP contribution in [0.4, 0.5) is 0 Å². The summed E-state index contributed by atoms with van der Waals surface area (Å²) in [7, 11) is 0. The minimum absolute atomic E-state index is 0.244. The van der Waals surface area contributed by atoms with Crippen molar-refractivity contribution in [3.8, 4) is 58.2 Å². The van der Waals surface area contributed by atoms with E-state index in [0.29, 0.717) is 48.3 Å². The smallest absolute Gasteiger partial charge is 0.136 e. The highest BCUT2D eigenvalue weighted by atomic mass is 16.5. The SMILES string of the molecule is CC(C)(C)c1cc2c(O)c(c1)Cc1cc(C(C)(C)C)cc3c1OCc1ccc(cc1)COc1cc(C#Cc4ccccc4)c(cc1C#Cc1ccccc1)OCc1ccc(cc1)COc1c(cc(C(C)(C)C)cc1Cc1cc(C(C)(C)C)cc(c1O)C3)C2. The van der Waals surface area contributed by atoms with Crippen LogP contribution in [0.1, 0.15) is 194 Å². The van der Waals surface area contributed by atoms with E-state index in [1.54, 1.807) is 0 Å². The van der Waals surface area contributed by atoms with Crippen LogP contribution in [0.15, 0.2) is 170 Å². The number of rotatable bonds is 0. The lowest BCUT2D eigenvalue weighted by Crippen LogP contribution is -2.16. The van der Waals surface area contributed by atoms with Crippen LogP contribution < -0.4 is 18.9 Å². The molecule has 0 saturated carbocycles. The van der Waals surface area contributed by atoms with Gasteiger partial charge in [-0.3, -0.25) is 0 Å². The van der Waals surface area contributed by atoms with E-state index in [2.05, 4.69) is 204 Å². The van der Waals surface area contributed by atoms with Crippen molar-refractivity contribution in [3.63, 3.8) is 0 Å². The van der Waals surface area contributed by atoms with Gasteiger partial charge in [0, 0.05) is 48.9 Å². The zero-order valence-corrected chi connectivity index (χ0v) is 53.4. The summed E-state index contributed by atoms with van der Waals surface area (Å²) in [6.45, 7) is 28.0. The van der Waals surface area contributed by atoms with E-state index in [1.165, 1.54) is 0 Å². The quantitative estimate of drug-likeness (QED) is 0.147. The second-order valence-corrected chi connectivity index (χ2v) is 28.1. The average molecular weight is 1160 g/mol. The van der Waals surface area contributed by atoms with Gasteiger partial charge in [-0.15, -0.1) is 0 Å². The van der Waals surface area contributed by atoms with Crippen LogP contribution in [0.2, 0.25) is 0 Å². The summed E-state index contributed by atoms with van der Waals surface area (Å²) in [5, 5.41) is 25.9. The molecule has 16 bridgehead atoms. The van der Waals surface area contributed by atoms with E-state index >= 15 is 0 Å². The molecule has 0 aromatic heterocycles. The van der Waals surface area contributed by atoms with Gasteiger partial charge in [-0.05, 0) is 135 Å². The Balaban J connectivity index is 1.12. The van der Waals surface area contributed by atoms with Crippen molar-refractivity contribution in [2.45, 2.75) is 157 Å². The summed E-state index contributed by atoms with van der Waals surface area (Å²) in [6.07, 6.45) is 1.61. The molecule has 8 aliphatic heterocycles. The molecule has 0 radical (unpaired) electrons. The van der Waals surface area contributed by atoms with Crippen LogP contribution in [0.25, 0.3) is 0 Å². The van der Waals surface area contributed by atoms with Crippen LogP contribution in [0, 0.1) is 23.7 Å². The monoisotopic (exact) mass is 1160 g/mol. The molecule has 1 aliphatic carbocycles. The molecule has 0 atom stereocenters. The minimum Gasteiger partial charge on any atom is -0.507 e. The predicted molar refractivity (Wildman–Crippen MR) is 357 cm³/mol. The van der Waals surface area contributed by atoms with Crippen molar-refractivity contribution in [1.82, 2.24) is 0 Å². The Morgan fingerprint density at radius 3 is 0.807 bits per heavy atom. The maximum Gasteiger partial charge on any atom is 0.136 e. The highest BCUT2D eigenvalue weighted by Crippen LogP contribution is 2.45. The van der Waals surface area contributed by atoms with Gasteiger partial charge in [0.1, 0.15) is 60.9 Å². The third kappa shape index (κ3) is 14.2. The van der Waals surface area contributed by atoms with Crippen LogP contribution in [0.3, 0.4) is 0 Å². The predicted octanol–water partition coefficient (Wildman–Crippen LogP) is 18.4. The Morgan fingerprint density at radius 2 is 0.545 bits per heavy atom. The molecule has 0 unspecified atom stereocenters. The molecule has 88 heavy (non-hydrogen) atoms. The topological polar surface area (TPSA) is 77.4 Å². The van der Waals surface area contributed by atoms with Crippen molar-refractivity contribution >= 4 is 0 Å². The summed E-state index contributed by atoms with van der Waals surface area (Å²) < 4.78 is 28.0. The molecule has 0 spiro atoms. The molecule has 6 nitrogen and oxygen atoms in total. The average Bonchev–Trinajstić information content (AvgIpc) is 1.31. The van der Waals surface area contributed by atoms with Gasteiger partial charge in [0.25, 0.3) is 0 Å². The van der Waals surface area contributed by atoms with Crippen molar-refractivity contribution in [2.75, 3.05) is 0 Å². The normalized spacial score (nSPS) is 13.6. The number of aromatic hydroxyl groups is 2. The van der Waals surface area contributed by atoms with Crippen LogP contribution in [-0.2, 0) is 73.8 Å². The highest BCUT2D eigenvalue weighted by Gasteiger charge is 2.29. The number of hydrogen-bond acceptors (Lipinski definition) is 6. The molecule has 18 rings (SSSR count). The fourth-order valence-electron chi connectivity index (χ4n) is 11.4. The first-order chi connectivity index (χ1) is 41.9. The van der Waals surface area contributed by atoms with Crippen molar-refractivity contribution < 1.29 is 29.2 Å². The Morgan fingerprint density at radius 1 is 0.295 bits per heavy atom. The Labute approximate surface area is 522 Å². The van der Waals surface area contributed by atoms with Crippen LogP contribution in [-0.4, -0.2) is 10.2 Å². The third-order valence-electron chi connectivity index (χ3n) is 16.9. The maximum atomic E-state index is 12.9. The summed E-state index contributed by atoms with van der Waals surface area (Å²) in [5.74, 6) is 16.8. The Hall–Kier alpha value is -9.10. The number of phenols is 2. The fourth-order valence-corrected chi connectivity index (χ4v) is 11.4. The van der Waals surface area contributed by atoms with E-state index in [4.69, 9.17) is 18.9 Å². The summed E-state index contributed by atoms with van der Waals surface area (Å²) in [6, 6.07) is 58.4. The molecule has 9 aliphatic rings. The van der Waals surface area contributed by atoms with Crippen molar-refractivity contribution in [2.24, 2.45) is 0 Å². The minimum atomic E-state index is -0.244. The summed E-state index contributed by atoms with van der Waals surface area (Å²) in [4.78, 5) is 0. The van der Waals surface area contributed by atoms with Gasteiger partial charge in [-0.2, -0.15) is 0 Å². The lowest BCUT2D eigenvalue weighted by Gasteiger charge is -2.28. The number of ether oxygens (including phenoxy) is 4. The molecule has 8 heterocycles. The first-order valence-electron chi connectivity index (χ1n) is 30.9. The van der Waals surface area contributed by atoms with Gasteiger partial charge in [-0.1, -0.05) is 240 Å². The van der Waals surface area contributed by atoms with Gasteiger partial charge >= 0.3 is 0 Å². The maximum absolute atomic E-state index is 12.9. The first-order valence-corrected chi connectivity index (χ1v) is 30.9. The van der Waals surface area contributed by atoms with Crippen molar-refractivity contribution in [1.29, 1.82) is 0 Å². The zero-order chi connectivity index (χ0) is 62.1. The molecular weight excluding hydrogens is 1080 g/mol. The molecule has 9 aromatic rings. The molecule has 0 amide bonds. The van der Waals surface area contributed by atoms with E-state index in [-0.39, 0.29) is 59.6 Å². The summed E-state index contributed by atoms with van der Waals surface area (Å²) >= 11 is 0. The van der Waals surface area contributed by atoms with Crippen LogP contribution >= 0.6 is 0 Å². The molecule has 2 N–H and O–H groups in total. The van der Waals surface area contributed by atoms with Crippen molar-refractivity contribution in [3.05, 3.63) is 281 Å². The highest BCUT2D eigenvalue weighted by molar-refractivity contribution is 5.62. The number of hydrogen-bond donors (Lipinski definition) is 2. The third-order valence-corrected chi connectivity index (χ3v) is 16.9. The first kappa shape index (κ1) is 60.6. The second kappa shape index (κ2) is 24.6. The Bertz CT molecular complexity index is 3810. The largest absolute Gasteiger partial charge is 0.507 e. The lowest BCUT2D eigenvalue weighted by molar-refractivity contribution is 0.294. The molecular formula is C82H82O6. The zero-order valence-electron chi connectivity index (χ0n) is 53.4. The number of phenolic OH excluding ortho intramolecular Hbond substituents is 2. The standard InChI is InChI=1S/C82H82O6/c1-79(2,3)69-39-61-35-65-43-71(81(7,8)9)45-67-37-63-41-70(80(4,5)6)42-64(76(63)84)38-68-46-72(82(10,11)12)44-66(36-62(40-69)75(61)83)78(68)88-52-58-29-25-56(26-30-58)50-86-74-48-59(33-31-53-19-15-13-16-20-53)73(47-60(74)34-32-54-21-17-14-18-22-54)85-49-55-23-27-57(28-24-55)51-87-77(65)67/h13-30,39-48,83-84H,35-38,49-52H2,1-12H3. The van der Waals surface area contributed by atoms with E-state index in [9.17, 15) is 10.2 Å². The van der Waals surface area contributed by atoms with E-state index in [1.807, 2.05) is 72.8 Å². The molecule has 0 fully saturated rings. The Kier molecular flexibility index (Phi) is 16.9. The summed E-state index contributed by atoms with van der Waals surface area (Å²) in [5.41, 5.74) is 17.7. The van der Waals surface area contributed by atoms with Gasteiger partial charge in [0.15, 0.2) is 0 Å². The van der Waals surface area contributed by atoms with E-state index in [0.717, 1.165) is 112 Å². The van der Waals surface area contributed by atoms with Gasteiger partial charge in [-0.25, -0.2) is 0 Å². The molecule has 0 saturated heterocycles. The molecule has 446 valence electrons. The molecule has 9 aromatic carbocycles. The van der Waals surface area contributed by atoms with E-state index < -0.39 is 0 Å². The lowest BCUT2D eigenvalue weighted by atomic mass is 9.79. The van der Waals surface area contributed by atoms with Gasteiger partial charge < -0.3 is 29.2 Å². The van der Waals surface area contributed by atoms with Crippen LogP contribution in [0.5, 0.6) is 34.5 Å². The number of benzene rings is 9. The molecule has 6 heteroatoms. The second-order valence-electron chi connectivity index (χ2n) is 28.1. The van der Waals surface area contributed by atoms with Gasteiger partial charge in [0.2, 0.25) is 0 Å².